The number of carbonyl (C=O) groups excluding carboxylic acids is 3. The van der Waals surface area contributed by atoms with Crippen molar-refractivity contribution in [2.24, 2.45) is 0 Å². The lowest BCUT2D eigenvalue weighted by molar-refractivity contribution is -0.167. The van der Waals surface area contributed by atoms with Gasteiger partial charge in [0.2, 0.25) is 0 Å². The van der Waals surface area contributed by atoms with Crippen LogP contribution >= 0.6 is 0 Å². The summed E-state index contributed by atoms with van der Waals surface area (Å²) in [5.41, 5.74) is 0. The van der Waals surface area contributed by atoms with Crippen molar-refractivity contribution in [2.75, 3.05) is 13.2 Å². The van der Waals surface area contributed by atoms with Crippen LogP contribution in [0, 0.1) is 0 Å². The minimum atomic E-state index is -0.822. The zero-order valence-electron chi connectivity index (χ0n) is 52.2. The summed E-state index contributed by atoms with van der Waals surface area (Å²) in [5, 5.41) is 0. The molecule has 0 rings (SSSR count). The monoisotopic (exact) mass is 1120 g/mol. The fraction of sp³-hybridized carbons (Fsp3) is 0.539. The van der Waals surface area contributed by atoms with Crippen LogP contribution < -0.4 is 0 Å². The summed E-state index contributed by atoms with van der Waals surface area (Å²) in [4.78, 5) is 38.1. The van der Waals surface area contributed by atoms with Crippen molar-refractivity contribution in [1.82, 2.24) is 0 Å². The highest BCUT2D eigenvalue weighted by Crippen LogP contribution is 2.13. The van der Waals surface area contributed by atoms with Gasteiger partial charge in [-0.3, -0.25) is 14.4 Å². The van der Waals surface area contributed by atoms with E-state index in [-0.39, 0.29) is 44.0 Å². The molecular weight excluding hydrogens is 1010 g/mol. The molecule has 0 aliphatic rings. The molecule has 0 aliphatic carbocycles. The first-order chi connectivity index (χ1) is 40.5. The molecule has 0 bridgehead atoms. The number of rotatable bonds is 56. The molecule has 6 nitrogen and oxygen atoms in total. The summed E-state index contributed by atoms with van der Waals surface area (Å²) in [6.45, 7) is 6.30. The normalized spacial score (nSPS) is 13.5. The van der Waals surface area contributed by atoms with Gasteiger partial charge in [-0.2, -0.15) is 0 Å². The number of carbonyl (C=O) groups is 3. The predicted octanol–water partition coefficient (Wildman–Crippen LogP) is 22.6. The van der Waals surface area contributed by atoms with Gasteiger partial charge in [0, 0.05) is 19.3 Å². The van der Waals surface area contributed by atoms with Gasteiger partial charge in [-0.15, -0.1) is 0 Å². The summed E-state index contributed by atoms with van der Waals surface area (Å²) < 4.78 is 16.8. The second kappa shape index (κ2) is 67.8. The van der Waals surface area contributed by atoms with Gasteiger partial charge < -0.3 is 14.2 Å². The van der Waals surface area contributed by atoms with Crippen molar-refractivity contribution >= 4 is 17.9 Å². The van der Waals surface area contributed by atoms with Crippen molar-refractivity contribution in [3.8, 4) is 0 Å². The van der Waals surface area contributed by atoms with Crippen LogP contribution in [0.1, 0.15) is 245 Å². The molecular formula is C76H116O6. The van der Waals surface area contributed by atoms with Crippen LogP contribution in [-0.2, 0) is 28.6 Å². The van der Waals surface area contributed by atoms with E-state index in [1.165, 1.54) is 32.1 Å². The summed E-state index contributed by atoms with van der Waals surface area (Å²) in [6, 6.07) is 0. The number of hydrogen-bond donors (Lipinski definition) is 0. The minimum Gasteiger partial charge on any atom is -0.462 e. The topological polar surface area (TPSA) is 78.9 Å². The molecule has 82 heavy (non-hydrogen) atoms. The lowest BCUT2D eigenvalue weighted by Crippen LogP contribution is -2.30. The molecule has 0 aromatic carbocycles. The summed E-state index contributed by atoms with van der Waals surface area (Å²) in [6.07, 6.45) is 103. The molecule has 1 atom stereocenters. The molecule has 0 fully saturated rings. The van der Waals surface area contributed by atoms with E-state index >= 15 is 0 Å². The molecule has 456 valence electrons. The molecule has 0 heterocycles. The van der Waals surface area contributed by atoms with Crippen LogP contribution in [0.15, 0.2) is 194 Å². The quantitative estimate of drug-likeness (QED) is 0.0261. The zero-order chi connectivity index (χ0) is 59.2. The van der Waals surface area contributed by atoms with Crippen molar-refractivity contribution in [3.63, 3.8) is 0 Å². The highest BCUT2D eigenvalue weighted by Gasteiger charge is 2.19. The Morgan fingerprint density at radius 1 is 0.256 bits per heavy atom. The van der Waals surface area contributed by atoms with Gasteiger partial charge in [-0.1, -0.05) is 279 Å². The third-order valence-corrected chi connectivity index (χ3v) is 12.8. The maximum absolute atomic E-state index is 12.9. The summed E-state index contributed by atoms with van der Waals surface area (Å²) >= 11 is 0. The van der Waals surface area contributed by atoms with Gasteiger partial charge in [-0.05, 0) is 141 Å². The first kappa shape index (κ1) is 76.2. The molecule has 1 unspecified atom stereocenters. The van der Waals surface area contributed by atoms with Crippen LogP contribution in [0.3, 0.4) is 0 Å². The molecule has 6 heteroatoms. The average Bonchev–Trinajstić information content (AvgIpc) is 3.47. The van der Waals surface area contributed by atoms with Crippen LogP contribution in [0.2, 0.25) is 0 Å². The molecule has 0 amide bonds. The van der Waals surface area contributed by atoms with E-state index in [1.807, 2.05) is 0 Å². The molecule has 0 aromatic rings. The Hall–Kier alpha value is -5.75. The van der Waals surface area contributed by atoms with Gasteiger partial charge in [0.05, 0.1) is 0 Å². The van der Waals surface area contributed by atoms with Crippen molar-refractivity contribution in [1.29, 1.82) is 0 Å². The molecule has 0 radical (unpaired) electrons. The van der Waals surface area contributed by atoms with Crippen LogP contribution in [0.25, 0.3) is 0 Å². The van der Waals surface area contributed by atoms with E-state index in [0.717, 1.165) is 167 Å². The van der Waals surface area contributed by atoms with E-state index in [1.54, 1.807) is 0 Å². The van der Waals surface area contributed by atoms with Crippen LogP contribution in [0.4, 0.5) is 0 Å². The molecule has 0 N–H and O–H groups in total. The lowest BCUT2D eigenvalue weighted by Gasteiger charge is -2.18. The largest absolute Gasteiger partial charge is 0.462 e. The van der Waals surface area contributed by atoms with Gasteiger partial charge in [0.15, 0.2) is 6.10 Å². The van der Waals surface area contributed by atoms with E-state index in [4.69, 9.17) is 14.2 Å². The highest BCUT2D eigenvalue weighted by atomic mass is 16.6. The number of unbranched alkanes of at least 4 members (excludes halogenated alkanes) is 13. The van der Waals surface area contributed by atoms with Gasteiger partial charge >= 0.3 is 17.9 Å². The molecule has 0 aliphatic heterocycles. The maximum atomic E-state index is 12.9. The standard InChI is InChI=1S/C76H116O6/c1-4-7-10-13-16-19-21-23-25-27-29-31-33-35-37-38-40-41-43-45-47-49-51-53-55-57-60-63-66-69-75(78)81-72-73(71-80-74(77)68-65-62-59-18-15-12-9-6-3)82-76(79)70-67-64-61-58-56-54-52-50-48-46-44-42-39-36-34-32-30-28-26-24-22-20-17-14-11-8-5-2/h7-8,10-11,16-17,19-20,23-26,29-32,35-37,39-41,44-47,50-53,57,60,73H,4-6,9,12-15,18,21-22,27-28,33-34,38,42-43,48-49,54-56,58-59,61-72H2,1-3H3/b10-7-,11-8-,19-16-,20-17-,25-23-,26-24-,31-29-,32-30-,37-35-,39-36-,41-40-,46-44-,47-45-,52-50-,53-51-,60-57-. The summed E-state index contributed by atoms with van der Waals surface area (Å²) in [5.74, 6) is -1.01. The number of allylic oxidation sites excluding steroid dienone is 32. The second-order valence-electron chi connectivity index (χ2n) is 20.6. The molecule has 0 saturated heterocycles. The van der Waals surface area contributed by atoms with Crippen LogP contribution in [0.5, 0.6) is 0 Å². The average molecular weight is 1130 g/mol. The lowest BCUT2D eigenvalue weighted by atomic mass is 10.1. The Balaban J connectivity index is 4.39. The summed E-state index contributed by atoms with van der Waals surface area (Å²) in [7, 11) is 0. The Morgan fingerprint density at radius 2 is 0.488 bits per heavy atom. The zero-order valence-corrected chi connectivity index (χ0v) is 52.2. The third-order valence-electron chi connectivity index (χ3n) is 12.8. The highest BCUT2D eigenvalue weighted by molar-refractivity contribution is 5.71. The Bertz CT molecular complexity index is 1970. The van der Waals surface area contributed by atoms with Gasteiger partial charge in [0.1, 0.15) is 13.2 Å². The number of esters is 3. The van der Waals surface area contributed by atoms with Gasteiger partial charge in [0.25, 0.3) is 0 Å². The minimum absolute atomic E-state index is 0.113. The van der Waals surface area contributed by atoms with E-state index in [2.05, 4.69) is 215 Å². The molecule has 0 aromatic heterocycles. The Kier molecular flexibility index (Phi) is 63.0. The molecule has 0 spiro atoms. The first-order valence-corrected chi connectivity index (χ1v) is 32.4. The van der Waals surface area contributed by atoms with E-state index < -0.39 is 6.10 Å². The van der Waals surface area contributed by atoms with E-state index in [0.29, 0.717) is 12.8 Å². The van der Waals surface area contributed by atoms with Crippen molar-refractivity contribution in [2.45, 2.75) is 252 Å². The fourth-order valence-electron chi connectivity index (χ4n) is 8.07. The first-order valence-electron chi connectivity index (χ1n) is 32.4. The predicted molar refractivity (Wildman–Crippen MR) is 357 cm³/mol. The van der Waals surface area contributed by atoms with Crippen molar-refractivity contribution in [3.05, 3.63) is 194 Å². The number of ether oxygens (including phenoxy) is 3. The van der Waals surface area contributed by atoms with Gasteiger partial charge in [-0.25, -0.2) is 0 Å². The Morgan fingerprint density at radius 3 is 0.793 bits per heavy atom. The van der Waals surface area contributed by atoms with Crippen LogP contribution in [-0.4, -0.2) is 37.2 Å². The fourth-order valence-corrected chi connectivity index (χ4v) is 8.07. The maximum Gasteiger partial charge on any atom is 0.306 e. The van der Waals surface area contributed by atoms with E-state index in [9.17, 15) is 14.4 Å². The third kappa shape index (κ3) is 65.1. The van der Waals surface area contributed by atoms with Crippen molar-refractivity contribution < 1.29 is 28.6 Å². The number of hydrogen-bond acceptors (Lipinski definition) is 6. The SMILES string of the molecule is CC/C=C\C/C=C\C/C=C\C/C=C\C/C=C\C/C=C\C/C=C\C/C=C\C/C=C\CCCC(=O)OCC(COC(=O)CCCCCCCCCC)OC(=O)CCCCCCC/C=C\C/C=C\C/C=C\C/C=C\C/C=C\C/C=C\C/C=C\CC. The molecule has 0 saturated carbocycles. The second-order valence-corrected chi connectivity index (χ2v) is 20.6. The Labute approximate surface area is 503 Å². The smallest absolute Gasteiger partial charge is 0.306 e.